The quantitative estimate of drug-likeness (QED) is 0.447. The molecule has 1 aliphatic heterocycles. The van der Waals surface area contributed by atoms with Crippen molar-refractivity contribution in [2.75, 3.05) is 19.8 Å². The first-order chi connectivity index (χ1) is 16.7. The lowest BCUT2D eigenvalue weighted by Crippen LogP contribution is -2.30. The molecule has 182 valence electrons. The average molecular weight is 464 g/mol. The molecule has 7 nitrogen and oxygen atoms in total. The van der Waals surface area contributed by atoms with Crippen molar-refractivity contribution in [3.63, 3.8) is 0 Å². The van der Waals surface area contributed by atoms with Gasteiger partial charge < -0.3 is 20.4 Å². The fourth-order valence-electron chi connectivity index (χ4n) is 5.54. The van der Waals surface area contributed by atoms with Gasteiger partial charge in [-0.15, -0.1) is 0 Å². The molecule has 0 amide bonds. The van der Waals surface area contributed by atoms with E-state index in [1.165, 1.54) is 42.1 Å². The third-order valence-corrected chi connectivity index (χ3v) is 7.47. The molecule has 0 radical (unpaired) electrons. The van der Waals surface area contributed by atoms with Crippen LogP contribution in [0.2, 0.25) is 0 Å². The molecule has 0 unspecified atom stereocenters. The highest BCUT2D eigenvalue weighted by molar-refractivity contribution is 5.82. The van der Waals surface area contributed by atoms with E-state index in [0.717, 1.165) is 49.4 Å². The van der Waals surface area contributed by atoms with Crippen LogP contribution in [-0.2, 0) is 24.4 Å². The van der Waals surface area contributed by atoms with Crippen LogP contribution in [0, 0.1) is 12.8 Å². The number of pyridine rings is 1. The molecule has 2 fully saturated rings. The number of aromatic amines is 1. The summed E-state index contributed by atoms with van der Waals surface area (Å²) in [6, 6.07) is 9.09. The molecule has 3 aromatic rings. The van der Waals surface area contributed by atoms with E-state index in [4.69, 9.17) is 9.84 Å². The van der Waals surface area contributed by atoms with E-state index in [2.05, 4.69) is 44.6 Å². The average Bonchev–Trinajstić information content (AvgIpc) is 3.51. The predicted molar refractivity (Wildman–Crippen MR) is 135 cm³/mol. The Morgan fingerprint density at radius 3 is 2.68 bits per heavy atom. The van der Waals surface area contributed by atoms with E-state index in [0.29, 0.717) is 31.6 Å². The highest BCUT2D eigenvalue weighted by atomic mass is 16.5. The third kappa shape index (κ3) is 5.27. The summed E-state index contributed by atoms with van der Waals surface area (Å²) >= 11 is 0. The van der Waals surface area contributed by atoms with E-state index >= 15 is 0 Å². The van der Waals surface area contributed by atoms with Gasteiger partial charge in [-0.05, 0) is 68.3 Å². The number of rotatable bonds is 9. The van der Waals surface area contributed by atoms with E-state index in [1.807, 2.05) is 13.1 Å². The number of aryl methyl sites for hydroxylation is 1. The summed E-state index contributed by atoms with van der Waals surface area (Å²) in [6.45, 7) is 6.59. The first-order valence-corrected chi connectivity index (χ1v) is 12.8. The second-order valence-electron chi connectivity index (χ2n) is 9.95. The number of nitrogens with one attached hydrogen (secondary N) is 3. The lowest BCUT2D eigenvalue weighted by atomic mass is 10.00. The number of H-pyrrole nitrogens is 1. The van der Waals surface area contributed by atoms with Crippen molar-refractivity contribution in [2.24, 2.45) is 5.92 Å². The van der Waals surface area contributed by atoms with Crippen molar-refractivity contribution < 1.29 is 4.74 Å². The Bertz CT molecular complexity index is 1160. The number of nitrogens with zero attached hydrogens (tertiary/aromatic N) is 2. The maximum Gasteiger partial charge on any atom is 0.252 e. The van der Waals surface area contributed by atoms with Gasteiger partial charge in [-0.25, -0.2) is 0 Å². The summed E-state index contributed by atoms with van der Waals surface area (Å²) < 4.78 is 7.68. The van der Waals surface area contributed by atoms with Gasteiger partial charge in [0.25, 0.3) is 5.56 Å². The molecule has 34 heavy (non-hydrogen) atoms. The first kappa shape index (κ1) is 23.3. The van der Waals surface area contributed by atoms with E-state index in [-0.39, 0.29) is 5.56 Å². The molecular formula is C27H37N5O2. The first-order valence-electron chi connectivity index (χ1n) is 12.8. The highest BCUT2D eigenvalue weighted by Gasteiger charge is 2.20. The standard InChI is InChI=1S/C27H37N5O2/c1-19-13-22(16-28-14-20-9-11-34-12-10-20)25(27(33)31-19)17-29-15-21-5-4-8-26-24(21)18-30-32(26)23-6-2-3-7-23/h4-5,8,13,18,20,23,28-29H,2-3,6-7,9-12,14-17H2,1H3,(H,31,33). The minimum atomic E-state index is 0.00243. The van der Waals surface area contributed by atoms with Crippen LogP contribution in [0.15, 0.2) is 35.3 Å². The largest absolute Gasteiger partial charge is 0.381 e. The Morgan fingerprint density at radius 1 is 1.06 bits per heavy atom. The SMILES string of the molecule is Cc1cc(CNCC2CCOCC2)c(CNCc2cccc3c2cnn3C2CCCC2)c(=O)[nH]1. The molecule has 7 heteroatoms. The van der Waals surface area contributed by atoms with Gasteiger partial charge in [0.15, 0.2) is 0 Å². The minimum Gasteiger partial charge on any atom is -0.381 e. The molecule has 2 aliphatic rings. The number of hydrogen-bond donors (Lipinski definition) is 3. The Balaban J connectivity index is 1.24. The monoisotopic (exact) mass is 463 g/mol. The summed E-state index contributed by atoms with van der Waals surface area (Å²) in [5.74, 6) is 0.657. The van der Waals surface area contributed by atoms with Gasteiger partial charge in [0.1, 0.15) is 0 Å². The van der Waals surface area contributed by atoms with Crippen molar-refractivity contribution in [1.82, 2.24) is 25.4 Å². The van der Waals surface area contributed by atoms with Gasteiger partial charge >= 0.3 is 0 Å². The molecule has 1 saturated carbocycles. The van der Waals surface area contributed by atoms with Crippen LogP contribution >= 0.6 is 0 Å². The lowest BCUT2D eigenvalue weighted by Gasteiger charge is -2.22. The minimum absolute atomic E-state index is 0.00243. The van der Waals surface area contributed by atoms with Gasteiger partial charge in [0, 0.05) is 49.5 Å². The number of ether oxygens (including phenoxy) is 1. The van der Waals surface area contributed by atoms with Crippen molar-refractivity contribution >= 4 is 10.9 Å². The van der Waals surface area contributed by atoms with Crippen molar-refractivity contribution in [1.29, 1.82) is 0 Å². The van der Waals surface area contributed by atoms with Crippen LogP contribution in [0.4, 0.5) is 0 Å². The van der Waals surface area contributed by atoms with Crippen molar-refractivity contribution in [3.8, 4) is 0 Å². The zero-order valence-electron chi connectivity index (χ0n) is 20.2. The maximum absolute atomic E-state index is 12.8. The number of benzene rings is 1. The summed E-state index contributed by atoms with van der Waals surface area (Å²) in [5.41, 5.74) is 5.25. The van der Waals surface area contributed by atoms with Crippen LogP contribution in [0.5, 0.6) is 0 Å². The molecule has 1 aromatic carbocycles. The van der Waals surface area contributed by atoms with Gasteiger partial charge in [-0.1, -0.05) is 25.0 Å². The Kier molecular flexibility index (Phi) is 7.42. The van der Waals surface area contributed by atoms with Gasteiger partial charge in [-0.3, -0.25) is 9.48 Å². The van der Waals surface area contributed by atoms with E-state index in [1.54, 1.807) is 0 Å². The Labute approximate surface area is 201 Å². The fourth-order valence-corrected chi connectivity index (χ4v) is 5.54. The van der Waals surface area contributed by atoms with Gasteiger partial charge in [0.05, 0.1) is 17.8 Å². The molecule has 1 aliphatic carbocycles. The summed E-state index contributed by atoms with van der Waals surface area (Å²) in [5, 5.41) is 13.0. The zero-order valence-corrected chi connectivity index (χ0v) is 20.2. The second kappa shape index (κ2) is 10.8. The number of aromatic nitrogens is 3. The lowest BCUT2D eigenvalue weighted by molar-refractivity contribution is 0.0662. The van der Waals surface area contributed by atoms with E-state index in [9.17, 15) is 4.79 Å². The predicted octanol–water partition coefficient (Wildman–Crippen LogP) is 3.95. The molecule has 3 N–H and O–H groups in total. The van der Waals surface area contributed by atoms with Crippen molar-refractivity contribution in [3.05, 3.63) is 63.2 Å². The molecule has 3 heterocycles. The number of hydrogen-bond acceptors (Lipinski definition) is 5. The highest BCUT2D eigenvalue weighted by Crippen LogP contribution is 2.32. The van der Waals surface area contributed by atoms with Gasteiger partial charge in [0.2, 0.25) is 0 Å². The molecular weight excluding hydrogens is 426 g/mol. The van der Waals surface area contributed by atoms with E-state index < -0.39 is 0 Å². The Morgan fingerprint density at radius 2 is 1.85 bits per heavy atom. The topological polar surface area (TPSA) is 84.0 Å². The Hall–Kier alpha value is -2.48. The smallest absolute Gasteiger partial charge is 0.252 e. The second-order valence-corrected chi connectivity index (χ2v) is 9.95. The van der Waals surface area contributed by atoms with Crippen LogP contribution in [0.3, 0.4) is 0 Å². The van der Waals surface area contributed by atoms with Crippen LogP contribution < -0.4 is 16.2 Å². The van der Waals surface area contributed by atoms with Crippen molar-refractivity contribution in [2.45, 2.75) is 71.1 Å². The third-order valence-electron chi connectivity index (χ3n) is 7.47. The molecule has 1 saturated heterocycles. The summed E-state index contributed by atoms with van der Waals surface area (Å²) in [4.78, 5) is 15.8. The van der Waals surface area contributed by atoms with Crippen LogP contribution in [-0.4, -0.2) is 34.5 Å². The molecule has 2 aromatic heterocycles. The summed E-state index contributed by atoms with van der Waals surface area (Å²) in [6.07, 6.45) is 9.27. The molecule has 0 bridgehead atoms. The molecule has 0 spiro atoms. The van der Waals surface area contributed by atoms with Crippen LogP contribution in [0.25, 0.3) is 10.9 Å². The van der Waals surface area contributed by atoms with Crippen LogP contribution in [0.1, 0.15) is 67.0 Å². The fraction of sp³-hybridized carbons (Fsp3) is 0.556. The van der Waals surface area contributed by atoms with Gasteiger partial charge in [-0.2, -0.15) is 5.10 Å². The number of fused-ring (bicyclic) bond motifs is 1. The molecule has 5 rings (SSSR count). The molecule has 0 atom stereocenters. The maximum atomic E-state index is 12.8. The normalized spacial score (nSPS) is 17.7. The zero-order chi connectivity index (χ0) is 23.3. The summed E-state index contributed by atoms with van der Waals surface area (Å²) in [7, 11) is 0.